The number of amides is 2. The molecule has 0 aromatic heterocycles. The van der Waals surface area contributed by atoms with Crippen molar-refractivity contribution in [3.8, 4) is 0 Å². The lowest BCUT2D eigenvalue weighted by Crippen LogP contribution is -2.52. The van der Waals surface area contributed by atoms with Crippen molar-refractivity contribution < 1.29 is 14.7 Å². The highest BCUT2D eigenvalue weighted by atomic mass is 16.4. The topological polar surface area (TPSA) is 81.7 Å². The Kier molecular flexibility index (Phi) is 6.99. The predicted octanol–water partition coefficient (Wildman–Crippen LogP) is 1.52. The standard InChI is InChI=1S/C14H29N3O3/c1-7-14(8-2,11(18)19)10-16-12(20)15-9-13(3,4)17(5)6/h7-10H2,1-6H3,(H,18,19)(H2,15,16,20). The van der Waals surface area contributed by atoms with Gasteiger partial charge in [-0.25, -0.2) is 4.79 Å². The van der Waals surface area contributed by atoms with Gasteiger partial charge in [-0.2, -0.15) is 0 Å². The number of aliphatic carboxylic acids is 1. The molecule has 0 atom stereocenters. The van der Waals surface area contributed by atoms with Gasteiger partial charge in [-0.05, 0) is 40.8 Å². The molecular formula is C14H29N3O3. The van der Waals surface area contributed by atoms with Crippen molar-refractivity contribution in [2.24, 2.45) is 5.41 Å². The first-order chi connectivity index (χ1) is 9.11. The predicted molar refractivity (Wildman–Crippen MR) is 79.8 cm³/mol. The third-order valence-electron chi connectivity index (χ3n) is 4.29. The van der Waals surface area contributed by atoms with Crippen LogP contribution in [0.1, 0.15) is 40.5 Å². The number of carboxylic acids is 1. The Hall–Kier alpha value is -1.30. The number of hydrogen-bond acceptors (Lipinski definition) is 3. The SMILES string of the molecule is CCC(CC)(CNC(=O)NCC(C)(C)N(C)C)C(=O)O. The van der Waals surface area contributed by atoms with Gasteiger partial charge in [-0.15, -0.1) is 0 Å². The molecule has 0 heterocycles. The summed E-state index contributed by atoms with van der Waals surface area (Å²) >= 11 is 0. The van der Waals surface area contributed by atoms with E-state index in [1.807, 2.05) is 46.7 Å². The van der Waals surface area contributed by atoms with Gasteiger partial charge in [0, 0.05) is 18.6 Å². The van der Waals surface area contributed by atoms with Crippen molar-refractivity contribution in [2.45, 2.75) is 46.1 Å². The quantitative estimate of drug-likeness (QED) is 0.632. The fraction of sp³-hybridized carbons (Fsp3) is 0.857. The third-order valence-corrected chi connectivity index (χ3v) is 4.29. The number of carbonyl (C=O) groups excluding carboxylic acids is 1. The molecule has 0 saturated heterocycles. The number of likely N-dealkylation sites (N-methyl/N-ethyl adjacent to an activating group) is 1. The monoisotopic (exact) mass is 287 g/mol. The first-order valence-corrected chi connectivity index (χ1v) is 7.04. The summed E-state index contributed by atoms with van der Waals surface area (Å²) in [7, 11) is 3.90. The Morgan fingerprint density at radius 2 is 1.50 bits per heavy atom. The Morgan fingerprint density at radius 3 is 1.85 bits per heavy atom. The first kappa shape index (κ1) is 18.7. The molecule has 6 heteroatoms. The second-order valence-electron chi connectivity index (χ2n) is 6.04. The van der Waals surface area contributed by atoms with Crippen LogP contribution in [0.15, 0.2) is 0 Å². The molecule has 20 heavy (non-hydrogen) atoms. The highest BCUT2D eigenvalue weighted by Gasteiger charge is 2.35. The van der Waals surface area contributed by atoms with E-state index in [4.69, 9.17) is 0 Å². The minimum absolute atomic E-state index is 0.142. The largest absolute Gasteiger partial charge is 0.481 e. The van der Waals surface area contributed by atoms with E-state index in [-0.39, 0.29) is 18.1 Å². The molecule has 3 N–H and O–H groups in total. The number of hydrogen-bond donors (Lipinski definition) is 3. The van der Waals surface area contributed by atoms with E-state index in [1.165, 1.54) is 0 Å². The van der Waals surface area contributed by atoms with Crippen molar-refractivity contribution in [2.75, 3.05) is 27.2 Å². The highest BCUT2D eigenvalue weighted by Crippen LogP contribution is 2.25. The summed E-state index contributed by atoms with van der Waals surface area (Å²) in [4.78, 5) is 25.1. The maximum atomic E-state index is 11.8. The molecule has 118 valence electrons. The van der Waals surface area contributed by atoms with Crippen LogP contribution in [0.3, 0.4) is 0 Å². The van der Waals surface area contributed by atoms with E-state index in [1.54, 1.807) is 0 Å². The molecular weight excluding hydrogens is 258 g/mol. The molecule has 0 rings (SSSR count). The molecule has 2 amide bonds. The number of carboxylic acid groups (broad SMARTS) is 1. The molecule has 0 saturated carbocycles. The molecule has 6 nitrogen and oxygen atoms in total. The average Bonchev–Trinajstić information content (AvgIpc) is 2.37. The van der Waals surface area contributed by atoms with E-state index in [9.17, 15) is 14.7 Å². The molecule has 0 fully saturated rings. The summed E-state index contributed by atoms with van der Waals surface area (Å²) in [6, 6.07) is -0.326. The van der Waals surface area contributed by atoms with Crippen molar-refractivity contribution in [3.05, 3.63) is 0 Å². The fourth-order valence-corrected chi connectivity index (χ4v) is 1.64. The summed E-state index contributed by atoms with van der Waals surface area (Å²) in [5.41, 5.74) is -1.04. The number of urea groups is 1. The van der Waals surface area contributed by atoms with Crippen LogP contribution in [-0.4, -0.2) is 54.7 Å². The Balaban J connectivity index is 4.39. The van der Waals surface area contributed by atoms with E-state index in [0.29, 0.717) is 19.4 Å². The van der Waals surface area contributed by atoms with Gasteiger partial charge < -0.3 is 20.6 Å². The zero-order valence-corrected chi connectivity index (χ0v) is 13.5. The van der Waals surface area contributed by atoms with Gasteiger partial charge in [-0.3, -0.25) is 4.79 Å². The van der Waals surface area contributed by atoms with Crippen molar-refractivity contribution >= 4 is 12.0 Å². The zero-order chi connectivity index (χ0) is 16.0. The summed E-state index contributed by atoms with van der Waals surface area (Å²) in [6.07, 6.45) is 0.977. The van der Waals surface area contributed by atoms with E-state index in [2.05, 4.69) is 10.6 Å². The molecule has 0 aromatic rings. The molecule has 0 spiro atoms. The van der Waals surface area contributed by atoms with Gasteiger partial charge in [0.2, 0.25) is 0 Å². The van der Waals surface area contributed by atoms with Crippen LogP contribution in [0.5, 0.6) is 0 Å². The van der Waals surface area contributed by atoms with Crippen LogP contribution in [0.2, 0.25) is 0 Å². The highest BCUT2D eigenvalue weighted by molar-refractivity contribution is 5.78. The van der Waals surface area contributed by atoms with Gasteiger partial charge in [0.25, 0.3) is 0 Å². The zero-order valence-electron chi connectivity index (χ0n) is 13.5. The smallest absolute Gasteiger partial charge is 0.314 e. The van der Waals surface area contributed by atoms with Crippen LogP contribution >= 0.6 is 0 Å². The Morgan fingerprint density at radius 1 is 1.05 bits per heavy atom. The van der Waals surface area contributed by atoms with Crippen molar-refractivity contribution in [1.29, 1.82) is 0 Å². The van der Waals surface area contributed by atoms with Gasteiger partial charge in [0.05, 0.1) is 5.41 Å². The number of rotatable bonds is 8. The first-order valence-electron chi connectivity index (χ1n) is 7.04. The second-order valence-corrected chi connectivity index (χ2v) is 6.04. The Labute approximate surface area is 121 Å². The summed E-state index contributed by atoms with van der Waals surface area (Å²) in [5.74, 6) is -0.864. The normalized spacial score (nSPS) is 12.3. The minimum atomic E-state index is -0.881. The number of carbonyl (C=O) groups is 2. The molecule has 0 aliphatic rings. The lowest BCUT2D eigenvalue weighted by atomic mass is 9.82. The van der Waals surface area contributed by atoms with Crippen LogP contribution < -0.4 is 10.6 Å². The molecule has 0 bridgehead atoms. The lowest BCUT2D eigenvalue weighted by molar-refractivity contribution is -0.149. The molecule has 0 aromatic carbocycles. The van der Waals surface area contributed by atoms with Gasteiger partial charge in [-0.1, -0.05) is 13.8 Å². The van der Waals surface area contributed by atoms with E-state index < -0.39 is 11.4 Å². The van der Waals surface area contributed by atoms with E-state index >= 15 is 0 Å². The fourth-order valence-electron chi connectivity index (χ4n) is 1.64. The second kappa shape index (κ2) is 7.47. The molecule has 0 radical (unpaired) electrons. The molecule has 0 aliphatic carbocycles. The maximum absolute atomic E-state index is 11.8. The average molecular weight is 287 g/mol. The third kappa shape index (κ3) is 5.00. The Bertz CT molecular complexity index is 337. The van der Waals surface area contributed by atoms with Gasteiger partial charge in [0.1, 0.15) is 0 Å². The maximum Gasteiger partial charge on any atom is 0.314 e. The van der Waals surface area contributed by atoms with Crippen molar-refractivity contribution in [1.82, 2.24) is 15.5 Å². The summed E-state index contributed by atoms with van der Waals surface area (Å²) in [5, 5.41) is 14.7. The number of nitrogens with one attached hydrogen (secondary N) is 2. The van der Waals surface area contributed by atoms with Crippen molar-refractivity contribution in [3.63, 3.8) is 0 Å². The molecule has 0 unspecified atom stereocenters. The van der Waals surface area contributed by atoms with Crippen LogP contribution in [0.25, 0.3) is 0 Å². The molecule has 0 aliphatic heterocycles. The van der Waals surface area contributed by atoms with Gasteiger partial charge in [0.15, 0.2) is 0 Å². The van der Waals surface area contributed by atoms with E-state index in [0.717, 1.165) is 0 Å². The van der Waals surface area contributed by atoms with Crippen LogP contribution in [0.4, 0.5) is 4.79 Å². The summed E-state index contributed by atoms with van der Waals surface area (Å²) < 4.78 is 0. The van der Waals surface area contributed by atoms with Crippen LogP contribution in [0, 0.1) is 5.41 Å². The lowest BCUT2D eigenvalue weighted by Gasteiger charge is -2.33. The summed E-state index contributed by atoms with van der Waals surface area (Å²) in [6.45, 7) is 8.33. The van der Waals surface area contributed by atoms with Crippen LogP contribution in [-0.2, 0) is 4.79 Å². The van der Waals surface area contributed by atoms with Gasteiger partial charge >= 0.3 is 12.0 Å². The number of nitrogens with zero attached hydrogens (tertiary/aromatic N) is 1. The minimum Gasteiger partial charge on any atom is -0.481 e.